The third-order valence-corrected chi connectivity index (χ3v) is 4.47. The normalized spacial score (nSPS) is 28.5. The molecule has 0 saturated carbocycles. The zero-order chi connectivity index (χ0) is 10.1. The van der Waals surface area contributed by atoms with Crippen molar-refractivity contribution in [2.45, 2.75) is 18.9 Å². The first kappa shape index (κ1) is 11.2. The van der Waals surface area contributed by atoms with Crippen LogP contribution >= 0.6 is 10.7 Å². The Morgan fingerprint density at radius 3 is 2.46 bits per heavy atom. The zero-order valence-corrected chi connectivity index (χ0v) is 9.12. The summed E-state index contributed by atoms with van der Waals surface area (Å²) in [5.41, 5.74) is 0. The maximum Gasteiger partial charge on any atom is 0.297 e. The molecular weight excluding hydrogens is 238 g/mol. The molecule has 0 aromatic carbocycles. The van der Waals surface area contributed by atoms with Gasteiger partial charge in [-0.05, 0) is 12.8 Å². The molecule has 78 valence electrons. The molecule has 0 aromatic heterocycles. The average Bonchev–Trinajstić information content (AvgIpc) is 1.79. The Labute approximate surface area is 81.9 Å². The molecule has 1 N–H and O–H groups in total. The van der Waals surface area contributed by atoms with Gasteiger partial charge < -0.3 is 0 Å². The van der Waals surface area contributed by atoms with Crippen LogP contribution in [0.25, 0.3) is 0 Å². The van der Waals surface area contributed by atoms with E-state index in [1.165, 1.54) is 0 Å². The summed E-state index contributed by atoms with van der Waals surface area (Å²) in [5.74, 6) is -0.0214. The van der Waals surface area contributed by atoms with Crippen LogP contribution in [0, 0.1) is 0 Å². The molecule has 1 aliphatic heterocycles. The number of hydrogen-bond acceptors (Lipinski definition) is 4. The number of halogens is 1. The van der Waals surface area contributed by atoms with E-state index in [9.17, 15) is 16.8 Å². The molecule has 5 nitrogen and oxygen atoms in total. The fraction of sp³-hybridized carbons (Fsp3) is 1.00. The van der Waals surface area contributed by atoms with Crippen LogP contribution in [0.5, 0.6) is 0 Å². The third kappa shape index (κ3) is 4.26. The fourth-order valence-corrected chi connectivity index (χ4v) is 4.03. The van der Waals surface area contributed by atoms with E-state index < -0.39 is 25.1 Å². The Bertz CT molecular complexity index is 371. The van der Waals surface area contributed by atoms with Crippen LogP contribution in [0.4, 0.5) is 0 Å². The van der Waals surface area contributed by atoms with Gasteiger partial charge in [-0.25, -0.2) is 8.42 Å². The molecule has 0 aromatic rings. The second-order valence-electron chi connectivity index (χ2n) is 3.01. The van der Waals surface area contributed by atoms with Crippen LogP contribution in [-0.4, -0.2) is 34.4 Å². The number of hydrogen-bond donors (Lipinski definition) is 1. The molecule has 1 unspecified atom stereocenters. The van der Waals surface area contributed by atoms with Gasteiger partial charge in [0.2, 0.25) is 0 Å². The van der Waals surface area contributed by atoms with E-state index in [1.54, 1.807) is 0 Å². The van der Waals surface area contributed by atoms with Gasteiger partial charge in [0.25, 0.3) is 9.24 Å². The molecule has 0 radical (unpaired) electrons. The van der Waals surface area contributed by atoms with Gasteiger partial charge in [0.15, 0.2) is 9.84 Å². The fourth-order valence-electron chi connectivity index (χ4n) is 1.31. The van der Waals surface area contributed by atoms with Crippen LogP contribution in [0.15, 0.2) is 0 Å². The second kappa shape index (κ2) is 3.72. The van der Waals surface area contributed by atoms with Gasteiger partial charge in [0.05, 0.1) is 11.5 Å². The third-order valence-electron chi connectivity index (χ3n) is 1.77. The van der Waals surface area contributed by atoms with Gasteiger partial charge in [-0.3, -0.25) is 0 Å². The van der Waals surface area contributed by atoms with E-state index in [0.29, 0.717) is 12.8 Å². The highest BCUT2D eigenvalue weighted by molar-refractivity contribution is 8.12. The molecule has 0 amide bonds. The Kier molecular flexibility index (Phi) is 3.21. The maximum atomic E-state index is 11.1. The summed E-state index contributed by atoms with van der Waals surface area (Å²) in [6.45, 7) is 0. The molecular formula is C5H10ClNO4S2. The summed E-state index contributed by atoms with van der Waals surface area (Å²) < 4.78 is 45.3. The van der Waals surface area contributed by atoms with Gasteiger partial charge in [-0.15, -0.1) is 0 Å². The first-order valence-electron chi connectivity index (χ1n) is 3.71. The first-order valence-corrected chi connectivity index (χ1v) is 7.84. The highest BCUT2D eigenvalue weighted by Gasteiger charge is 2.27. The topological polar surface area (TPSA) is 80.3 Å². The Morgan fingerprint density at radius 1 is 1.38 bits per heavy atom. The Hall–Kier alpha value is 0.150. The van der Waals surface area contributed by atoms with Crippen LogP contribution in [0.3, 0.4) is 0 Å². The van der Waals surface area contributed by atoms with Crippen molar-refractivity contribution in [1.82, 2.24) is 4.72 Å². The molecule has 1 fully saturated rings. The molecule has 1 saturated heterocycles. The van der Waals surface area contributed by atoms with E-state index in [-0.39, 0.29) is 11.5 Å². The predicted molar refractivity (Wildman–Crippen MR) is 49.6 cm³/mol. The standard InChI is InChI=1S/C5H10ClNO4S2/c6-13(10,11)7-5-2-1-3-12(8,9)4-5/h5,7H,1-4H2. The largest absolute Gasteiger partial charge is 0.297 e. The SMILES string of the molecule is O=S1(=O)CCCC(NS(=O)(=O)Cl)C1. The average molecular weight is 248 g/mol. The van der Waals surface area contributed by atoms with Crippen LogP contribution in [-0.2, 0) is 19.1 Å². The lowest BCUT2D eigenvalue weighted by molar-refractivity contribution is 0.523. The lowest BCUT2D eigenvalue weighted by Crippen LogP contribution is -2.41. The second-order valence-corrected chi connectivity index (χ2v) is 7.57. The molecule has 8 heteroatoms. The van der Waals surface area contributed by atoms with Gasteiger partial charge in [0, 0.05) is 16.7 Å². The van der Waals surface area contributed by atoms with Gasteiger partial charge in [-0.2, -0.15) is 13.1 Å². The van der Waals surface area contributed by atoms with Crippen molar-refractivity contribution in [1.29, 1.82) is 0 Å². The summed E-state index contributed by atoms with van der Waals surface area (Å²) in [5, 5.41) is 0. The van der Waals surface area contributed by atoms with Gasteiger partial charge >= 0.3 is 0 Å². The summed E-state index contributed by atoms with van der Waals surface area (Å²) in [6.07, 6.45) is 0.998. The van der Waals surface area contributed by atoms with Gasteiger partial charge in [0.1, 0.15) is 0 Å². The maximum absolute atomic E-state index is 11.1. The molecule has 13 heavy (non-hydrogen) atoms. The lowest BCUT2D eigenvalue weighted by Gasteiger charge is -2.20. The summed E-state index contributed by atoms with van der Waals surface area (Å²) in [7, 11) is -1.98. The van der Waals surface area contributed by atoms with Crippen LogP contribution in [0.2, 0.25) is 0 Å². The van der Waals surface area contributed by atoms with Crippen LogP contribution in [0.1, 0.15) is 12.8 Å². The monoisotopic (exact) mass is 247 g/mol. The number of rotatable bonds is 2. The van der Waals surface area contributed by atoms with Crippen molar-refractivity contribution in [2.75, 3.05) is 11.5 Å². The molecule has 0 spiro atoms. The zero-order valence-electron chi connectivity index (χ0n) is 6.73. The van der Waals surface area contributed by atoms with E-state index in [1.807, 2.05) is 0 Å². The van der Waals surface area contributed by atoms with E-state index in [4.69, 9.17) is 10.7 Å². The number of sulfone groups is 1. The molecule has 0 aliphatic carbocycles. The van der Waals surface area contributed by atoms with Gasteiger partial charge in [-0.1, -0.05) is 0 Å². The van der Waals surface area contributed by atoms with Crippen molar-refractivity contribution in [3.63, 3.8) is 0 Å². The predicted octanol–water partition coefficient (Wildman–Crippen LogP) is -0.363. The quantitative estimate of drug-likeness (QED) is 0.676. The first-order chi connectivity index (χ1) is 5.79. The molecule has 1 heterocycles. The van der Waals surface area contributed by atoms with Crippen molar-refractivity contribution in [3.8, 4) is 0 Å². The van der Waals surface area contributed by atoms with E-state index in [2.05, 4.69) is 4.72 Å². The highest BCUT2D eigenvalue weighted by atomic mass is 35.7. The van der Waals surface area contributed by atoms with E-state index >= 15 is 0 Å². The lowest BCUT2D eigenvalue weighted by atomic mass is 10.2. The minimum absolute atomic E-state index is 0.132. The van der Waals surface area contributed by atoms with Crippen molar-refractivity contribution in [2.24, 2.45) is 0 Å². The van der Waals surface area contributed by atoms with Crippen LogP contribution < -0.4 is 4.72 Å². The number of nitrogens with one attached hydrogen (secondary N) is 1. The summed E-state index contributed by atoms with van der Waals surface area (Å²) >= 11 is 0. The summed E-state index contributed by atoms with van der Waals surface area (Å²) in [4.78, 5) is 0. The molecule has 1 rings (SSSR count). The summed E-state index contributed by atoms with van der Waals surface area (Å²) in [6, 6.07) is -0.568. The highest BCUT2D eigenvalue weighted by Crippen LogP contribution is 2.13. The minimum Gasteiger partial charge on any atom is -0.229 e. The van der Waals surface area contributed by atoms with Crippen molar-refractivity contribution >= 4 is 29.8 Å². The Balaban J connectivity index is 2.64. The molecule has 0 bridgehead atoms. The Morgan fingerprint density at radius 2 is 2.00 bits per heavy atom. The van der Waals surface area contributed by atoms with Crippen molar-refractivity contribution < 1.29 is 16.8 Å². The van der Waals surface area contributed by atoms with E-state index in [0.717, 1.165) is 0 Å². The minimum atomic E-state index is -3.82. The molecule has 1 atom stereocenters. The smallest absolute Gasteiger partial charge is 0.229 e. The van der Waals surface area contributed by atoms with Crippen molar-refractivity contribution in [3.05, 3.63) is 0 Å². The molecule has 1 aliphatic rings.